The van der Waals surface area contributed by atoms with Gasteiger partial charge in [0.15, 0.2) is 0 Å². The van der Waals surface area contributed by atoms with Crippen LogP contribution >= 0.6 is 11.6 Å². The Morgan fingerprint density at radius 1 is 1.03 bits per heavy atom. The Kier molecular flexibility index (Phi) is 4.58. The topological polar surface area (TPSA) is 71.2 Å². The van der Waals surface area contributed by atoms with Crippen molar-refractivity contribution in [3.05, 3.63) is 92.4 Å². The van der Waals surface area contributed by atoms with Gasteiger partial charge in [-0.2, -0.15) is 13.2 Å². The number of fused-ring (bicyclic) bond motifs is 2. The summed E-state index contributed by atoms with van der Waals surface area (Å²) in [4.78, 5) is 26.5. The van der Waals surface area contributed by atoms with Crippen molar-refractivity contribution in [3.8, 4) is 11.5 Å². The smallest absolute Gasteiger partial charge is 0.431 e. The first-order valence-corrected chi connectivity index (χ1v) is 8.80. The predicted molar refractivity (Wildman–Crippen MR) is 99.3 cm³/mol. The molecule has 9 heteroatoms. The molecule has 0 bridgehead atoms. The third-order valence-electron chi connectivity index (χ3n) is 4.49. The zero-order chi connectivity index (χ0) is 20.8. The SMILES string of the molecule is O=C(NC1c2ccccc2Oc2cccc(Cl)c21)c1ccc(C(F)(F)F)[nH]c1=O. The van der Waals surface area contributed by atoms with Crippen molar-refractivity contribution in [3.63, 3.8) is 0 Å². The van der Waals surface area contributed by atoms with Crippen LogP contribution in [-0.2, 0) is 6.18 Å². The predicted octanol–water partition coefficient (Wildman–Crippen LogP) is 4.67. The summed E-state index contributed by atoms with van der Waals surface area (Å²) in [5.74, 6) is 0.0873. The van der Waals surface area contributed by atoms with E-state index < -0.39 is 34.9 Å². The molecule has 2 aromatic carbocycles. The fourth-order valence-electron chi connectivity index (χ4n) is 3.15. The van der Waals surface area contributed by atoms with Crippen LogP contribution in [0.1, 0.15) is 33.2 Å². The fraction of sp³-hybridized carbons (Fsp3) is 0.100. The molecule has 0 saturated heterocycles. The molecule has 1 amide bonds. The van der Waals surface area contributed by atoms with Gasteiger partial charge in [-0.1, -0.05) is 35.9 Å². The van der Waals surface area contributed by atoms with Crippen LogP contribution in [0.15, 0.2) is 59.4 Å². The molecule has 0 saturated carbocycles. The van der Waals surface area contributed by atoms with E-state index in [2.05, 4.69) is 5.32 Å². The van der Waals surface area contributed by atoms with Crippen LogP contribution in [0.5, 0.6) is 11.5 Å². The monoisotopic (exact) mass is 420 g/mol. The molecule has 0 fully saturated rings. The number of carbonyl (C=O) groups is 1. The number of carbonyl (C=O) groups excluding carboxylic acids is 1. The van der Waals surface area contributed by atoms with E-state index in [1.165, 1.54) is 0 Å². The largest absolute Gasteiger partial charge is 0.457 e. The molecule has 0 aliphatic carbocycles. The molecule has 4 rings (SSSR count). The first-order chi connectivity index (χ1) is 13.8. The van der Waals surface area contributed by atoms with Crippen LogP contribution < -0.4 is 15.6 Å². The van der Waals surface area contributed by atoms with Gasteiger partial charge in [0.2, 0.25) is 0 Å². The average Bonchev–Trinajstić information content (AvgIpc) is 2.67. The van der Waals surface area contributed by atoms with Crippen LogP contribution in [0.25, 0.3) is 0 Å². The third kappa shape index (κ3) is 3.47. The lowest BCUT2D eigenvalue weighted by Gasteiger charge is -2.29. The number of hydrogen-bond acceptors (Lipinski definition) is 3. The molecule has 1 unspecified atom stereocenters. The van der Waals surface area contributed by atoms with Gasteiger partial charge in [-0.05, 0) is 30.3 Å². The second kappa shape index (κ2) is 6.97. The number of amides is 1. The number of ether oxygens (including phenoxy) is 1. The first kappa shape index (κ1) is 19.1. The van der Waals surface area contributed by atoms with Crippen LogP contribution in [0, 0.1) is 0 Å². The molecular weight excluding hydrogens is 409 g/mol. The van der Waals surface area contributed by atoms with Crippen LogP contribution in [-0.4, -0.2) is 10.9 Å². The van der Waals surface area contributed by atoms with Crippen LogP contribution in [0.4, 0.5) is 13.2 Å². The van der Waals surface area contributed by atoms with Gasteiger partial charge in [-0.25, -0.2) is 0 Å². The Labute approximate surface area is 167 Å². The summed E-state index contributed by atoms with van der Waals surface area (Å²) >= 11 is 6.31. The van der Waals surface area contributed by atoms with Gasteiger partial charge in [-0.15, -0.1) is 0 Å². The first-order valence-electron chi connectivity index (χ1n) is 8.42. The van der Waals surface area contributed by atoms with Gasteiger partial charge in [-0.3, -0.25) is 9.59 Å². The van der Waals surface area contributed by atoms with Crippen molar-refractivity contribution < 1.29 is 22.7 Å². The number of aromatic amines is 1. The fourth-order valence-corrected chi connectivity index (χ4v) is 3.42. The van der Waals surface area contributed by atoms with Crippen molar-refractivity contribution in [2.45, 2.75) is 12.2 Å². The minimum absolute atomic E-state index is 0.337. The highest BCUT2D eigenvalue weighted by molar-refractivity contribution is 6.31. The standard InChI is InChI=1S/C20H12ClF3N2O3/c21-12-5-3-7-14-16(12)17(10-4-1-2-6-13(10)29-14)26-19(28)11-8-9-15(20(22,23)24)25-18(11)27/h1-9,17H,(H,25,27)(H,26,28). The number of nitrogens with one attached hydrogen (secondary N) is 2. The maximum absolute atomic E-state index is 12.7. The molecule has 1 atom stereocenters. The number of rotatable bonds is 2. The molecule has 148 valence electrons. The molecule has 1 aliphatic rings. The number of halogens is 4. The number of para-hydroxylation sites is 1. The van der Waals surface area contributed by atoms with E-state index in [0.717, 1.165) is 6.07 Å². The Hall–Kier alpha value is -3.26. The molecule has 5 nitrogen and oxygen atoms in total. The van der Waals surface area contributed by atoms with Crippen molar-refractivity contribution in [1.82, 2.24) is 10.3 Å². The third-order valence-corrected chi connectivity index (χ3v) is 4.82. The Bertz CT molecular complexity index is 1170. The summed E-state index contributed by atoms with van der Waals surface area (Å²) in [5, 5.41) is 3.02. The van der Waals surface area contributed by atoms with Crippen molar-refractivity contribution in [1.29, 1.82) is 0 Å². The number of aromatic nitrogens is 1. The van der Waals surface area contributed by atoms with Gasteiger partial charge in [0, 0.05) is 16.1 Å². The van der Waals surface area contributed by atoms with Gasteiger partial charge in [0.25, 0.3) is 11.5 Å². The summed E-state index contributed by atoms with van der Waals surface area (Å²) < 4.78 is 44.1. The summed E-state index contributed by atoms with van der Waals surface area (Å²) in [7, 11) is 0. The highest BCUT2D eigenvalue weighted by Crippen LogP contribution is 2.45. The van der Waals surface area contributed by atoms with Gasteiger partial charge in [0.1, 0.15) is 22.8 Å². The van der Waals surface area contributed by atoms with Crippen molar-refractivity contribution >= 4 is 17.5 Å². The normalized spacial score (nSPS) is 15.1. The molecule has 0 spiro atoms. The van der Waals surface area contributed by atoms with E-state index in [0.29, 0.717) is 33.7 Å². The van der Waals surface area contributed by atoms with E-state index >= 15 is 0 Å². The highest BCUT2D eigenvalue weighted by Gasteiger charge is 2.34. The van der Waals surface area contributed by atoms with Crippen molar-refractivity contribution in [2.24, 2.45) is 0 Å². The molecule has 29 heavy (non-hydrogen) atoms. The second-order valence-corrected chi connectivity index (χ2v) is 6.72. The lowest BCUT2D eigenvalue weighted by Crippen LogP contribution is -2.35. The minimum Gasteiger partial charge on any atom is -0.457 e. The summed E-state index contributed by atoms with van der Waals surface area (Å²) in [6.45, 7) is 0. The van der Waals surface area contributed by atoms with Crippen molar-refractivity contribution in [2.75, 3.05) is 0 Å². The van der Waals surface area contributed by atoms with Crippen LogP contribution in [0.3, 0.4) is 0 Å². The lowest BCUT2D eigenvalue weighted by atomic mass is 9.94. The Morgan fingerprint density at radius 3 is 2.48 bits per heavy atom. The van der Waals surface area contributed by atoms with Gasteiger partial charge < -0.3 is 15.0 Å². The highest BCUT2D eigenvalue weighted by atomic mass is 35.5. The lowest BCUT2D eigenvalue weighted by molar-refractivity contribution is -0.141. The Morgan fingerprint density at radius 2 is 1.76 bits per heavy atom. The van der Waals surface area contributed by atoms with E-state index in [1.54, 1.807) is 47.4 Å². The van der Waals surface area contributed by atoms with E-state index in [4.69, 9.17) is 16.3 Å². The Balaban J connectivity index is 1.74. The zero-order valence-corrected chi connectivity index (χ0v) is 15.3. The zero-order valence-electron chi connectivity index (χ0n) is 14.5. The molecule has 2 N–H and O–H groups in total. The van der Waals surface area contributed by atoms with E-state index in [-0.39, 0.29) is 0 Å². The van der Waals surface area contributed by atoms with E-state index in [9.17, 15) is 22.8 Å². The maximum atomic E-state index is 12.7. The molecule has 0 radical (unpaired) electrons. The summed E-state index contributed by atoms with van der Waals surface area (Å²) in [5.41, 5.74) is -1.73. The van der Waals surface area contributed by atoms with E-state index in [1.807, 2.05) is 0 Å². The molecule has 1 aromatic heterocycles. The average molecular weight is 421 g/mol. The molecule has 3 aromatic rings. The number of alkyl halides is 3. The number of pyridine rings is 1. The van der Waals surface area contributed by atoms with Gasteiger partial charge in [0.05, 0.1) is 6.04 Å². The number of H-pyrrole nitrogens is 1. The molecule has 1 aliphatic heterocycles. The van der Waals surface area contributed by atoms with Gasteiger partial charge >= 0.3 is 6.18 Å². The minimum atomic E-state index is -4.72. The molecule has 2 heterocycles. The number of benzene rings is 2. The molecular formula is C20H12ClF3N2O3. The summed E-state index contributed by atoms with van der Waals surface area (Å²) in [6, 6.07) is 12.7. The quantitative estimate of drug-likeness (QED) is 0.632. The number of hydrogen-bond donors (Lipinski definition) is 2. The summed E-state index contributed by atoms with van der Waals surface area (Å²) in [6.07, 6.45) is -4.72. The second-order valence-electron chi connectivity index (χ2n) is 6.31. The van der Waals surface area contributed by atoms with Crippen LogP contribution in [0.2, 0.25) is 5.02 Å². The maximum Gasteiger partial charge on any atom is 0.431 e.